The number of aliphatic hydroxyl groups excluding tert-OH is 1. The number of carboxylic acids is 1. The predicted molar refractivity (Wildman–Crippen MR) is 165 cm³/mol. The van der Waals surface area contributed by atoms with Crippen LogP contribution in [0, 0.1) is 5.92 Å². The summed E-state index contributed by atoms with van der Waals surface area (Å²) in [4.78, 5) is 19.6. The number of carbonyl (C=O) groups is 1. The van der Waals surface area contributed by atoms with E-state index in [2.05, 4.69) is 4.74 Å². The van der Waals surface area contributed by atoms with E-state index in [9.17, 15) is 37.0 Å². The first-order valence-corrected chi connectivity index (χ1v) is 16.0. The van der Waals surface area contributed by atoms with Crippen LogP contribution in [0.4, 0.5) is 22.0 Å². The van der Waals surface area contributed by atoms with Crippen LogP contribution < -0.4 is 9.47 Å². The number of aliphatic imine (C=N–C) groups is 1. The molecule has 2 saturated heterocycles. The molecule has 0 spiro atoms. The number of aliphatic hydroxyl groups is 1. The molecule has 6 rings (SSSR count). The molecule has 260 valence electrons. The van der Waals surface area contributed by atoms with Crippen molar-refractivity contribution in [2.45, 2.75) is 82.0 Å². The Balaban J connectivity index is 1.28. The minimum absolute atomic E-state index is 0.0429. The highest BCUT2D eigenvalue weighted by Gasteiger charge is 2.47. The molecule has 4 atom stereocenters. The molecule has 4 aliphatic rings. The lowest BCUT2D eigenvalue weighted by Crippen LogP contribution is -2.60. The molecule has 2 unspecified atom stereocenters. The SMILES string of the molecule is COc1ccc(C2CCC(C(=O)O)CC2)cc1C1=CCC(N2CC(F)(F)C2)N=C1CN1C(O)O[C@H](c2cccc(OC(F)(F)F)c2)[C@@H]1C. The number of dihydropyridines is 1. The Hall–Kier alpha value is -3.59. The maximum absolute atomic E-state index is 13.8. The summed E-state index contributed by atoms with van der Waals surface area (Å²) < 4.78 is 82.0. The topological polar surface area (TPSA) is 104 Å². The molecule has 2 aromatic rings. The van der Waals surface area contributed by atoms with E-state index in [0.717, 1.165) is 24.0 Å². The fourth-order valence-corrected chi connectivity index (χ4v) is 7.23. The van der Waals surface area contributed by atoms with E-state index in [0.29, 0.717) is 41.9 Å². The number of nitrogens with zero attached hydrogens (tertiary/aromatic N) is 3. The van der Waals surface area contributed by atoms with Gasteiger partial charge in [-0.3, -0.25) is 14.7 Å². The molecule has 3 fully saturated rings. The monoisotopic (exact) mass is 679 g/mol. The second-order valence-electron chi connectivity index (χ2n) is 12.9. The number of likely N-dealkylation sites (tertiary alicyclic amines) is 1. The predicted octanol–water partition coefficient (Wildman–Crippen LogP) is 6.20. The number of rotatable bonds is 9. The van der Waals surface area contributed by atoms with Crippen molar-refractivity contribution < 1.29 is 51.2 Å². The van der Waals surface area contributed by atoms with Crippen molar-refractivity contribution in [3.05, 3.63) is 65.2 Å². The highest BCUT2D eigenvalue weighted by Crippen LogP contribution is 2.42. The van der Waals surface area contributed by atoms with Crippen molar-refractivity contribution in [3.8, 4) is 11.5 Å². The van der Waals surface area contributed by atoms with Crippen LogP contribution in [0.25, 0.3) is 5.57 Å². The van der Waals surface area contributed by atoms with Crippen LogP contribution in [0.3, 0.4) is 0 Å². The Morgan fingerprint density at radius 2 is 1.81 bits per heavy atom. The van der Waals surface area contributed by atoms with Crippen LogP contribution in [0.1, 0.15) is 67.7 Å². The maximum Gasteiger partial charge on any atom is 0.573 e. The zero-order chi connectivity index (χ0) is 34.4. The van der Waals surface area contributed by atoms with Gasteiger partial charge in [-0.1, -0.05) is 24.3 Å². The van der Waals surface area contributed by atoms with Crippen molar-refractivity contribution in [1.29, 1.82) is 0 Å². The third-order valence-electron chi connectivity index (χ3n) is 9.77. The van der Waals surface area contributed by atoms with Gasteiger partial charge in [0.2, 0.25) is 6.41 Å². The molecule has 2 N–H and O–H groups in total. The summed E-state index contributed by atoms with van der Waals surface area (Å²) >= 11 is 0. The molecule has 1 saturated carbocycles. The first kappa shape index (κ1) is 34.3. The van der Waals surface area contributed by atoms with Crippen molar-refractivity contribution >= 4 is 17.3 Å². The Labute approximate surface area is 274 Å². The lowest BCUT2D eigenvalue weighted by Gasteiger charge is -2.43. The first-order valence-electron chi connectivity index (χ1n) is 16.0. The lowest BCUT2D eigenvalue weighted by molar-refractivity contribution is -0.274. The minimum atomic E-state index is -4.87. The fourth-order valence-electron chi connectivity index (χ4n) is 7.23. The number of aliphatic carboxylic acids is 1. The van der Waals surface area contributed by atoms with Crippen molar-refractivity contribution in [2.24, 2.45) is 10.9 Å². The summed E-state index contributed by atoms with van der Waals surface area (Å²) in [5.41, 5.74) is 3.35. The van der Waals surface area contributed by atoms with Crippen molar-refractivity contribution in [3.63, 3.8) is 0 Å². The molecule has 0 aromatic heterocycles. The van der Waals surface area contributed by atoms with Gasteiger partial charge < -0.3 is 24.4 Å². The quantitative estimate of drug-likeness (QED) is 0.303. The highest BCUT2D eigenvalue weighted by molar-refractivity contribution is 6.26. The third kappa shape index (κ3) is 7.36. The lowest BCUT2D eigenvalue weighted by atomic mass is 9.78. The number of hydrogen-bond acceptors (Lipinski definition) is 8. The number of carboxylic acid groups (broad SMARTS) is 1. The molecular weight excluding hydrogens is 641 g/mol. The Bertz CT molecular complexity index is 1570. The van der Waals surface area contributed by atoms with Crippen molar-refractivity contribution in [1.82, 2.24) is 9.80 Å². The zero-order valence-corrected chi connectivity index (χ0v) is 26.5. The van der Waals surface area contributed by atoms with Crippen LogP contribution in [0.15, 0.2) is 53.5 Å². The summed E-state index contributed by atoms with van der Waals surface area (Å²) in [6.45, 7) is 0.980. The minimum Gasteiger partial charge on any atom is -0.496 e. The van der Waals surface area contributed by atoms with E-state index in [4.69, 9.17) is 14.5 Å². The number of alkyl halides is 5. The van der Waals surface area contributed by atoms with Gasteiger partial charge in [-0.15, -0.1) is 13.2 Å². The molecule has 48 heavy (non-hydrogen) atoms. The van der Waals surface area contributed by atoms with Gasteiger partial charge in [-0.05, 0) is 73.9 Å². The molecule has 3 aliphatic heterocycles. The molecule has 0 amide bonds. The number of halogens is 5. The molecule has 14 heteroatoms. The zero-order valence-electron chi connectivity index (χ0n) is 26.5. The fraction of sp³-hybridized carbons (Fsp3) is 0.529. The van der Waals surface area contributed by atoms with E-state index in [-0.39, 0.29) is 18.4 Å². The molecule has 2 aromatic carbocycles. The highest BCUT2D eigenvalue weighted by atomic mass is 19.4. The molecule has 1 aliphatic carbocycles. The number of ether oxygens (including phenoxy) is 3. The van der Waals surface area contributed by atoms with Crippen LogP contribution in [0.5, 0.6) is 11.5 Å². The van der Waals surface area contributed by atoms with Gasteiger partial charge in [0.1, 0.15) is 23.8 Å². The molecule has 0 bridgehead atoms. The molecule has 3 heterocycles. The molecular formula is C34H38F5N3O6. The van der Waals surface area contributed by atoms with Gasteiger partial charge in [-0.2, -0.15) is 0 Å². The second kappa shape index (κ2) is 13.4. The number of hydrogen-bond donors (Lipinski definition) is 2. The summed E-state index contributed by atoms with van der Waals surface area (Å²) in [5.74, 6) is -3.62. The normalized spacial score (nSPS) is 29.5. The van der Waals surface area contributed by atoms with Crippen LogP contribution in [-0.2, 0) is 9.53 Å². The Morgan fingerprint density at radius 1 is 1.08 bits per heavy atom. The van der Waals surface area contributed by atoms with Gasteiger partial charge in [0.15, 0.2) is 0 Å². The van der Waals surface area contributed by atoms with Crippen LogP contribution >= 0.6 is 0 Å². The summed E-state index contributed by atoms with van der Waals surface area (Å²) in [7, 11) is 1.54. The summed E-state index contributed by atoms with van der Waals surface area (Å²) in [6, 6.07) is 10.7. The molecule has 0 radical (unpaired) electrons. The number of benzene rings is 2. The van der Waals surface area contributed by atoms with Gasteiger partial charge in [0, 0.05) is 30.1 Å². The van der Waals surface area contributed by atoms with E-state index in [1.54, 1.807) is 29.9 Å². The average molecular weight is 680 g/mol. The number of methoxy groups -OCH3 is 1. The van der Waals surface area contributed by atoms with Crippen LogP contribution in [0.2, 0.25) is 0 Å². The first-order chi connectivity index (χ1) is 22.7. The van der Waals surface area contributed by atoms with E-state index >= 15 is 0 Å². The van der Waals surface area contributed by atoms with Gasteiger partial charge >= 0.3 is 12.3 Å². The van der Waals surface area contributed by atoms with Gasteiger partial charge in [0.25, 0.3) is 5.92 Å². The maximum atomic E-state index is 13.8. The summed E-state index contributed by atoms with van der Waals surface area (Å²) in [6.07, 6.45) is -2.76. The van der Waals surface area contributed by atoms with Gasteiger partial charge in [-0.25, -0.2) is 13.7 Å². The Morgan fingerprint density at radius 3 is 2.46 bits per heavy atom. The average Bonchev–Trinajstić information content (AvgIpc) is 3.31. The standard InChI is InChI=1S/C34H38F5N3O6/c1-19-30(23-4-3-5-24(14-23)48-34(37,38)39)47-32(45)42(19)16-27-25(11-13-29(40-27)41-17-33(35,36)18-41)26-15-22(10-12-28(26)46-2)20-6-8-21(9-7-20)31(43)44/h3-5,10-12,14-15,19-21,29-30,32,45H,6-9,13,16-18H2,1-2H3,(H,43,44)/t19-,20?,21?,29?,30-,32?/m0/s1. The van der Waals surface area contributed by atoms with E-state index in [1.807, 2.05) is 24.3 Å². The van der Waals surface area contributed by atoms with E-state index in [1.165, 1.54) is 18.2 Å². The smallest absolute Gasteiger partial charge is 0.496 e. The van der Waals surface area contributed by atoms with Crippen molar-refractivity contribution in [2.75, 3.05) is 26.7 Å². The third-order valence-corrected chi connectivity index (χ3v) is 9.77. The van der Waals surface area contributed by atoms with E-state index < -0.39 is 61.8 Å². The molecule has 9 nitrogen and oxygen atoms in total. The largest absolute Gasteiger partial charge is 0.573 e. The van der Waals surface area contributed by atoms with Gasteiger partial charge in [0.05, 0.1) is 31.8 Å². The second-order valence-corrected chi connectivity index (χ2v) is 12.9. The summed E-state index contributed by atoms with van der Waals surface area (Å²) in [5, 5.41) is 20.5. The van der Waals surface area contributed by atoms with Crippen LogP contribution in [-0.4, -0.2) is 89.3 Å². The Kier molecular flexibility index (Phi) is 9.55.